The number of halogens is 6. The van der Waals surface area contributed by atoms with E-state index in [2.05, 4.69) is 9.68 Å². The van der Waals surface area contributed by atoms with Gasteiger partial charge in [-0.25, -0.2) is 8.42 Å². The standard InChI is InChI=1S/C21H18F6N2O5S/c1-9(20(22,23)24)33-12-5-4-10(35(3,31)32)6-11(12)16(30)29-8-13-18(2)17(29)19(13,18)14-7-15(34-28-14)21(25,26)27/h4-7,9,13,17H,8H2,1-3H3/t9-,13-,17?,18-,19-/m1/s1. The Kier molecular flexibility index (Phi) is 4.59. The topological polar surface area (TPSA) is 89.7 Å². The lowest BCUT2D eigenvalue weighted by Gasteiger charge is -2.23. The highest BCUT2D eigenvalue weighted by Gasteiger charge is 3.02. The first kappa shape index (κ1) is 23.9. The van der Waals surface area contributed by atoms with Crippen LogP contribution >= 0.6 is 0 Å². The summed E-state index contributed by atoms with van der Waals surface area (Å²) in [6.07, 6.45) is -10.9. The van der Waals surface area contributed by atoms with Crippen LogP contribution in [-0.4, -0.2) is 55.5 Å². The Morgan fingerprint density at radius 1 is 1.23 bits per heavy atom. The number of carbonyl (C=O) groups excluding carboxylic acids is 1. The van der Waals surface area contributed by atoms with Crippen LogP contribution in [0.25, 0.3) is 0 Å². The minimum absolute atomic E-state index is 0.0599. The summed E-state index contributed by atoms with van der Waals surface area (Å²) >= 11 is 0. The Balaban J connectivity index is 1.48. The van der Waals surface area contributed by atoms with Gasteiger partial charge in [0.1, 0.15) is 5.75 Å². The van der Waals surface area contributed by atoms with Crippen molar-refractivity contribution < 1.29 is 48.8 Å². The maximum absolute atomic E-state index is 13.5. The van der Waals surface area contributed by atoms with Crippen molar-refractivity contribution in [1.29, 1.82) is 0 Å². The van der Waals surface area contributed by atoms with Crippen LogP contribution in [0.4, 0.5) is 26.3 Å². The van der Waals surface area contributed by atoms with Gasteiger partial charge in [-0.1, -0.05) is 12.1 Å². The zero-order valence-electron chi connectivity index (χ0n) is 18.4. The van der Waals surface area contributed by atoms with E-state index in [1.54, 1.807) is 6.92 Å². The summed E-state index contributed by atoms with van der Waals surface area (Å²) in [5, 5.41) is 3.58. The Morgan fingerprint density at radius 2 is 1.89 bits per heavy atom. The molecule has 2 saturated heterocycles. The van der Waals surface area contributed by atoms with E-state index in [-0.39, 0.29) is 28.6 Å². The number of amides is 1. The van der Waals surface area contributed by atoms with Crippen molar-refractivity contribution in [3.05, 3.63) is 41.3 Å². The fraction of sp³-hybridized carbons (Fsp3) is 0.524. The lowest BCUT2D eigenvalue weighted by Crippen LogP contribution is -2.34. The molecule has 1 aromatic heterocycles. The summed E-state index contributed by atoms with van der Waals surface area (Å²) in [4.78, 5) is 14.5. The molecule has 2 aliphatic heterocycles. The largest absolute Gasteiger partial charge is 0.480 e. The predicted molar refractivity (Wildman–Crippen MR) is 105 cm³/mol. The van der Waals surface area contributed by atoms with Gasteiger partial charge in [0.05, 0.1) is 22.2 Å². The smallest absolute Gasteiger partial charge is 0.452 e. The number of alkyl halides is 6. The number of fused-ring (bicyclic) bond motifs is 1. The molecule has 7 nitrogen and oxygen atoms in total. The monoisotopic (exact) mass is 524 g/mol. The molecule has 0 N–H and O–H groups in total. The second kappa shape index (κ2) is 6.71. The van der Waals surface area contributed by atoms with Crippen molar-refractivity contribution in [2.24, 2.45) is 11.3 Å². The molecule has 2 saturated carbocycles. The first-order chi connectivity index (χ1) is 15.9. The second-order valence-corrected chi connectivity index (χ2v) is 11.4. The van der Waals surface area contributed by atoms with Gasteiger partial charge in [0.15, 0.2) is 15.9 Å². The van der Waals surface area contributed by atoms with Crippen molar-refractivity contribution in [2.75, 3.05) is 12.8 Å². The highest BCUT2D eigenvalue weighted by molar-refractivity contribution is 7.90. The van der Waals surface area contributed by atoms with E-state index in [4.69, 9.17) is 4.74 Å². The van der Waals surface area contributed by atoms with Crippen LogP contribution in [0.5, 0.6) is 5.75 Å². The van der Waals surface area contributed by atoms with Gasteiger partial charge in [0, 0.05) is 29.7 Å². The lowest BCUT2D eigenvalue weighted by molar-refractivity contribution is -0.189. The summed E-state index contributed by atoms with van der Waals surface area (Å²) in [5.41, 5.74) is -1.72. The molecular formula is C21H18F6N2O5S. The Labute approximate surface area is 194 Å². The SMILES string of the molecule is C[C@@H](Oc1ccc(S(C)(=O)=O)cc1C(=O)N1C[C@@H]2[C@]3(C)C1[C@]23c1cc(C(F)(F)F)on1)C(F)(F)F. The number of piperidine rings is 1. The molecule has 1 unspecified atom stereocenters. The van der Waals surface area contributed by atoms with Crippen molar-refractivity contribution in [1.82, 2.24) is 10.1 Å². The summed E-state index contributed by atoms with van der Waals surface area (Å²) in [6, 6.07) is 3.22. The number of ether oxygens (including phenoxy) is 1. The molecule has 0 radical (unpaired) electrons. The summed E-state index contributed by atoms with van der Waals surface area (Å²) in [6.45, 7) is 2.65. The van der Waals surface area contributed by atoms with E-state index in [1.165, 1.54) is 4.90 Å². The van der Waals surface area contributed by atoms with Gasteiger partial charge in [-0.2, -0.15) is 26.3 Å². The van der Waals surface area contributed by atoms with Gasteiger partial charge < -0.3 is 14.2 Å². The average Bonchev–Trinajstić information content (AvgIpc) is 3.19. The molecule has 190 valence electrons. The van der Waals surface area contributed by atoms with Crippen molar-refractivity contribution in [3.63, 3.8) is 0 Å². The van der Waals surface area contributed by atoms with Gasteiger partial charge in [0.25, 0.3) is 5.91 Å². The van der Waals surface area contributed by atoms with Gasteiger partial charge in [-0.3, -0.25) is 4.79 Å². The highest BCUT2D eigenvalue weighted by Crippen LogP contribution is 2.94. The Morgan fingerprint density at radius 3 is 2.40 bits per heavy atom. The minimum atomic E-state index is -4.74. The molecule has 14 heteroatoms. The van der Waals surface area contributed by atoms with Crippen LogP contribution < -0.4 is 4.74 Å². The molecule has 1 amide bonds. The van der Waals surface area contributed by atoms with Gasteiger partial charge in [-0.05, 0) is 31.0 Å². The van der Waals surface area contributed by atoms with Gasteiger partial charge >= 0.3 is 12.4 Å². The number of sulfone groups is 1. The fourth-order valence-electron chi connectivity index (χ4n) is 5.72. The summed E-state index contributed by atoms with van der Waals surface area (Å²) in [7, 11) is -3.81. The van der Waals surface area contributed by atoms with Crippen LogP contribution in [0, 0.1) is 11.3 Å². The molecule has 2 aliphatic carbocycles. The number of rotatable bonds is 5. The van der Waals surface area contributed by atoms with Gasteiger partial charge in [0.2, 0.25) is 5.76 Å². The maximum Gasteiger partial charge on any atom is 0.452 e. The molecule has 2 bridgehead atoms. The molecule has 35 heavy (non-hydrogen) atoms. The predicted octanol–water partition coefficient (Wildman–Crippen LogP) is 3.84. The van der Waals surface area contributed by atoms with Gasteiger partial charge in [-0.15, -0.1) is 0 Å². The molecule has 4 aliphatic rings. The van der Waals surface area contributed by atoms with E-state index in [0.717, 1.165) is 37.4 Å². The number of carbonyl (C=O) groups is 1. The van der Waals surface area contributed by atoms with Crippen molar-refractivity contribution in [2.45, 2.75) is 48.7 Å². The molecule has 3 heterocycles. The lowest BCUT2D eigenvalue weighted by atomic mass is 10.0. The number of benzene rings is 1. The number of nitrogens with zero attached hydrogens (tertiary/aromatic N) is 2. The number of aromatic nitrogens is 1. The first-order valence-corrected chi connectivity index (χ1v) is 12.3. The van der Waals surface area contributed by atoms with Crippen molar-refractivity contribution >= 4 is 15.7 Å². The molecule has 4 fully saturated rings. The van der Waals surface area contributed by atoms with Crippen LogP contribution in [0.3, 0.4) is 0 Å². The molecule has 5 atom stereocenters. The molecule has 2 aromatic rings. The third-order valence-electron chi connectivity index (χ3n) is 7.54. The molecule has 1 aromatic carbocycles. The third-order valence-corrected chi connectivity index (χ3v) is 8.65. The summed E-state index contributed by atoms with van der Waals surface area (Å²) < 4.78 is 112. The molecule has 6 rings (SSSR count). The second-order valence-electron chi connectivity index (χ2n) is 9.37. The Bertz CT molecular complexity index is 1350. The molecular weight excluding hydrogens is 506 g/mol. The fourth-order valence-corrected chi connectivity index (χ4v) is 6.37. The van der Waals surface area contributed by atoms with E-state index < -0.39 is 62.6 Å². The number of hydrogen-bond donors (Lipinski definition) is 0. The third kappa shape index (κ3) is 3.14. The van der Waals surface area contributed by atoms with E-state index >= 15 is 0 Å². The Hall–Kier alpha value is -2.77. The van der Waals surface area contributed by atoms with Crippen LogP contribution in [0.15, 0.2) is 33.7 Å². The quantitative estimate of drug-likeness (QED) is 0.553. The van der Waals surface area contributed by atoms with Crippen LogP contribution in [0.1, 0.15) is 35.7 Å². The van der Waals surface area contributed by atoms with E-state index in [9.17, 15) is 39.6 Å². The highest BCUT2D eigenvalue weighted by atomic mass is 32.2. The summed E-state index contributed by atoms with van der Waals surface area (Å²) in [5.74, 6) is -2.71. The van der Waals surface area contributed by atoms with Crippen molar-refractivity contribution in [3.8, 4) is 5.75 Å². The van der Waals surface area contributed by atoms with E-state index in [1.807, 2.05) is 0 Å². The average molecular weight is 524 g/mol. The van der Waals surface area contributed by atoms with Crippen LogP contribution in [0.2, 0.25) is 0 Å². The van der Waals surface area contributed by atoms with Crippen LogP contribution in [-0.2, 0) is 21.4 Å². The maximum atomic E-state index is 13.5. The zero-order valence-corrected chi connectivity index (χ0v) is 19.2. The minimum Gasteiger partial charge on any atom is -0.480 e. The number of hydrogen-bond acceptors (Lipinski definition) is 6. The zero-order chi connectivity index (χ0) is 25.9. The normalized spacial score (nSPS) is 30.1. The molecule has 0 spiro atoms. The first-order valence-electron chi connectivity index (χ1n) is 10.4. The van der Waals surface area contributed by atoms with E-state index in [0.29, 0.717) is 0 Å².